The Morgan fingerprint density at radius 2 is 2.24 bits per heavy atom. The fraction of sp³-hybridized carbons (Fsp3) is 0.500. The molecular weight excluding hydrogens is 225 g/mol. The third-order valence-corrected chi connectivity index (χ3v) is 2.37. The maximum atomic E-state index is 12.9. The lowest BCUT2D eigenvalue weighted by atomic mass is 10.2. The Morgan fingerprint density at radius 3 is 2.94 bits per heavy atom. The van der Waals surface area contributed by atoms with Crippen LogP contribution in [0, 0.1) is 5.82 Å². The quantitative estimate of drug-likeness (QED) is 0.626. The van der Waals surface area contributed by atoms with Crippen molar-refractivity contribution >= 4 is 0 Å². The zero-order valence-electron chi connectivity index (χ0n) is 9.82. The first-order chi connectivity index (χ1) is 8.13. The van der Waals surface area contributed by atoms with Gasteiger partial charge in [-0.3, -0.25) is 0 Å². The third kappa shape index (κ3) is 5.12. The lowest BCUT2D eigenvalue weighted by Gasteiger charge is -2.10. The van der Waals surface area contributed by atoms with E-state index in [9.17, 15) is 14.6 Å². The molecule has 0 aliphatic rings. The number of hydrogen-bond acceptors (Lipinski definition) is 4. The molecule has 0 spiro atoms. The second-order valence-corrected chi connectivity index (χ2v) is 3.85. The molecule has 17 heavy (non-hydrogen) atoms. The van der Waals surface area contributed by atoms with E-state index in [4.69, 9.17) is 4.74 Å². The van der Waals surface area contributed by atoms with Crippen LogP contribution in [-0.4, -0.2) is 36.6 Å². The minimum atomic E-state index is -0.506. The number of halogens is 1. The van der Waals surface area contributed by atoms with E-state index in [0.717, 1.165) is 0 Å². The lowest BCUT2D eigenvalue weighted by molar-refractivity contribution is 0.0594. The molecular formula is C12H18FNO3. The van der Waals surface area contributed by atoms with Gasteiger partial charge in [0.15, 0.2) is 0 Å². The fourth-order valence-corrected chi connectivity index (χ4v) is 1.46. The van der Waals surface area contributed by atoms with Gasteiger partial charge < -0.3 is 20.3 Å². The molecule has 0 radical (unpaired) electrons. The Hall–Kier alpha value is -1.17. The largest absolute Gasteiger partial charge is 0.508 e. The van der Waals surface area contributed by atoms with Gasteiger partial charge in [-0.1, -0.05) is 0 Å². The van der Waals surface area contributed by atoms with Crippen LogP contribution < -0.4 is 5.32 Å². The molecule has 0 bridgehead atoms. The maximum absolute atomic E-state index is 12.9. The summed E-state index contributed by atoms with van der Waals surface area (Å²) < 4.78 is 17.7. The van der Waals surface area contributed by atoms with E-state index in [1.165, 1.54) is 25.3 Å². The van der Waals surface area contributed by atoms with Crippen LogP contribution in [0.25, 0.3) is 0 Å². The average Bonchev–Trinajstić information content (AvgIpc) is 2.29. The van der Waals surface area contributed by atoms with Gasteiger partial charge in [-0.25, -0.2) is 4.39 Å². The van der Waals surface area contributed by atoms with Crippen molar-refractivity contribution in [1.82, 2.24) is 5.32 Å². The van der Waals surface area contributed by atoms with Gasteiger partial charge in [0.05, 0.1) is 12.7 Å². The first kappa shape index (κ1) is 13.9. The van der Waals surface area contributed by atoms with Crippen LogP contribution in [0.4, 0.5) is 4.39 Å². The first-order valence-corrected chi connectivity index (χ1v) is 5.48. The van der Waals surface area contributed by atoms with Gasteiger partial charge in [-0.05, 0) is 31.2 Å². The lowest BCUT2D eigenvalue weighted by Crippen LogP contribution is -2.23. The molecule has 0 amide bonds. The summed E-state index contributed by atoms with van der Waals surface area (Å²) >= 11 is 0. The van der Waals surface area contributed by atoms with E-state index in [-0.39, 0.29) is 11.6 Å². The molecule has 4 nitrogen and oxygen atoms in total. The SMILES string of the molecule is COCC(O)CCNCc1cc(F)ccc1O. The number of benzene rings is 1. The highest BCUT2D eigenvalue weighted by molar-refractivity contribution is 5.32. The Morgan fingerprint density at radius 1 is 1.47 bits per heavy atom. The van der Waals surface area contributed by atoms with Crippen molar-refractivity contribution in [1.29, 1.82) is 0 Å². The molecule has 0 fully saturated rings. The zero-order chi connectivity index (χ0) is 12.7. The van der Waals surface area contributed by atoms with Gasteiger partial charge in [0.1, 0.15) is 11.6 Å². The number of phenolic OH excluding ortho intramolecular Hbond substituents is 1. The van der Waals surface area contributed by atoms with Crippen molar-refractivity contribution in [2.75, 3.05) is 20.3 Å². The van der Waals surface area contributed by atoms with Crippen molar-refractivity contribution in [3.8, 4) is 5.75 Å². The van der Waals surface area contributed by atoms with Gasteiger partial charge in [0, 0.05) is 19.2 Å². The molecule has 1 rings (SSSR count). The van der Waals surface area contributed by atoms with Crippen molar-refractivity contribution in [3.63, 3.8) is 0 Å². The summed E-state index contributed by atoms with van der Waals surface area (Å²) in [7, 11) is 1.53. The van der Waals surface area contributed by atoms with Gasteiger partial charge in [0.2, 0.25) is 0 Å². The molecule has 0 aliphatic carbocycles. The van der Waals surface area contributed by atoms with Crippen molar-refractivity contribution in [3.05, 3.63) is 29.6 Å². The highest BCUT2D eigenvalue weighted by Crippen LogP contribution is 2.17. The summed E-state index contributed by atoms with van der Waals surface area (Å²) in [5.74, 6) is -0.310. The van der Waals surface area contributed by atoms with Crippen LogP contribution in [0.2, 0.25) is 0 Å². The van der Waals surface area contributed by atoms with Gasteiger partial charge in [-0.15, -0.1) is 0 Å². The van der Waals surface area contributed by atoms with Crippen LogP contribution in [0.5, 0.6) is 5.75 Å². The molecule has 3 N–H and O–H groups in total. The molecule has 1 aromatic rings. The Balaban J connectivity index is 2.28. The number of aliphatic hydroxyl groups is 1. The number of aliphatic hydroxyl groups excluding tert-OH is 1. The number of aromatic hydroxyl groups is 1. The highest BCUT2D eigenvalue weighted by Gasteiger charge is 2.04. The Kier molecular flexibility index (Phi) is 5.90. The van der Waals surface area contributed by atoms with E-state index in [1.54, 1.807) is 0 Å². The molecule has 0 aliphatic heterocycles. The van der Waals surface area contributed by atoms with Crippen LogP contribution in [0.15, 0.2) is 18.2 Å². The molecule has 0 heterocycles. The molecule has 96 valence electrons. The summed E-state index contributed by atoms with van der Waals surface area (Å²) in [4.78, 5) is 0. The summed E-state index contributed by atoms with van der Waals surface area (Å²) in [6, 6.07) is 3.82. The van der Waals surface area contributed by atoms with E-state index in [2.05, 4.69) is 5.32 Å². The summed E-state index contributed by atoms with van der Waals surface area (Å²) in [5, 5.41) is 21.8. The smallest absolute Gasteiger partial charge is 0.123 e. The maximum Gasteiger partial charge on any atom is 0.123 e. The van der Waals surface area contributed by atoms with Crippen molar-refractivity contribution in [2.24, 2.45) is 0 Å². The number of rotatable bonds is 7. The molecule has 0 aromatic heterocycles. The molecule has 5 heteroatoms. The van der Waals surface area contributed by atoms with Crippen LogP contribution in [0.3, 0.4) is 0 Å². The number of methoxy groups -OCH3 is 1. The van der Waals surface area contributed by atoms with E-state index < -0.39 is 6.10 Å². The number of nitrogens with one attached hydrogen (secondary N) is 1. The first-order valence-electron chi connectivity index (χ1n) is 5.48. The average molecular weight is 243 g/mol. The van der Waals surface area contributed by atoms with Crippen LogP contribution >= 0.6 is 0 Å². The molecule has 0 saturated carbocycles. The standard InChI is InChI=1S/C12H18FNO3/c1-17-8-11(15)4-5-14-7-9-6-10(13)2-3-12(9)16/h2-3,6,11,14-16H,4-5,7-8H2,1H3. The van der Waals surface area contributed by atoms with E-state index in [0.29, 0.717) is 31.7 Å². The predicted octanol–water partition coefficient (Wildman–Crippen LogP) is 1.02. The Labute approximate surface area is 100 Å². The topological polar surface area (TPSA) is 61.7 Å². The van der Waals surface area contributed by atoms with Gasteiger partial charge >= 0.3 is 0 Å². The minimum absolute atomic E-state index is 0.0661. The summed E-state index contributed by atoms with van der Waals surface area (Å²) in [5.41, 5.74) is 0.506. The second kappa shape index (κ2) is 7.21. The zero-order valence-corrected chi connectivity index (χ0v) is 9.82. The molecule has 0 saturated heterocycles. The van der Waals surface area contributed by atoms with Crippen molar-refractivity contribution < 1.29 is 19.3 Å². The molecule has 1 atom stereocenters. The normalized spacial score (nSPS) is 12.6. The van der Waals surface area contributed by atoms with Crippen molar-refractivity contribution in [2.45, 2.75) is 19.1 Å². The van der Waals surface area contributed by atoms with Gasteiger partial charge in [-0.2, -0.15) is 0 Å². The predicted molar refractivity (Wildman–Crippen MR) is 62.3 cm³/mol. The third-order valence-electron chi connectivity index (χ3n) is 2.37. The Bertz CT molecular complexity index is 347. The monoisotopic (exact) mass is 243 g/mol. The van der Waals surface area contributed by atoms with E-state index >= 15 is 0 Å². The van der Waals surface area contributed by atoms with E-state index in [1.807, 2.05) is 0 Å². The molecule has 1 unspecified atom stereocenters. The van der Waals surface area contributed by atoms with Crippen LogP contribution in [-0.2, 0) is 11.3 Å². The number of hydrogen-bond donors (Lipinski definition) is 3. The summed E-state index contributed by atoms with van der Waals surface area (Å²) in [6.45, 7) is 1.23. The number of ether oxygens (including phenoxy) is 1. The number of phenols is 1. The molecule has 1 aromatic carbocycles. The fourth-order valence-electron chi connectivity index (χ4n) is 1.46. The minimum Gasteiger partial charge on any atom is -0.508 e. The summed E-state index contributed by atoms with van der Waals surface area (Å²) in [6.07, 6.45) is 0.0396. The van der Waals surface area contributed by atoms with Crippen LogP contribution in [0.1, 0.15) is 12.0 Å². The highest BCUT2D eigenvalue weighted by atomic mass is 19.1. The van der Waals surface area contributed by atoms with Gasteiger partial charge in [0.25, 0.3) is 0 Å². The second-order valence-electron chi connectivity index (χ2n) is 3.85.